The summed E-state index contributed by atoms with van der Waals surface area (Å²) in [4.78, 5) is 20.9. The number of fused-ring (bicyclic) bond motifs is 1. The van der Waals surface area contributed by atoms with Gasteiger partial charge in [-0.25, -0.2) is 14.4 Å². The molecule has 0 bridgehead atoms. The van der Waals surface area contributed by atoms with Gasteiger partial charge in [-0.2, -0.15) is 0 Å². The first-order valence-electron chi connectivity index (χ1n) is 7.77. The van der Waals surface area contributed by atoms with Crippen LogP contribution in [-0.2, 0) is 0 Å². The molecule has 0 spiro atoms. The fraction of sp³-hybridized carbons (Fsp3) is 0. The normalized spacial score (nSPS) is 10.8. The second-order valence-corrected chi connectivity index (χ2v) is 5.99. The van der Waals surface area contributed by atoms with Gasteiger partial charge >= 0.3 is 0 Å². The number of carbonyl (C=O) groups is 1. The third kappa shape index (κ3) is 3.02. The predicted octanol–water partition coefficient (Wildman–Crippen LogP) is 4.44. The topological polar surface area (TPSA) is 59.3 Å². The highest BCUT2D eigenvalue weighted by Crippen LogP contribution is 2.23. The third-order valence-corrected chi connectivity index (χ3v) is 4.18. The van der Waals surface area contributed by atoms with Crippen molar-refractivity contribution in [3.05, 3.63) is 83.5 Å². The van der Waals surface area contributed by atoms with Gasteiger partial charge in [-0.15, -0.1) is 0 Å². The van der Waals surface area contributed by atoms with Gasteiger partial charge in [-0.1, -0.05) is 29.8 Å². The Labute approximate surface area is 153 Å². The number of hydrogen-bond acceptors (Lipinski definition) is 3. The van der Waals surface area contributed by atoms with Crippen LogP contribution in [0.25, 0.3) is 17.0 Å². The average Bonchev–Trinajstić information content (AvgIpc) is 3.06. The van der Waals surface area contributed by atoms with Crippen molar-refractivity contribution in [2.75, 3.05) is 5.32 Å². The number of amides is 1. The molecular weight excluding hydrogens is 355 g/mol. The molecule has 1 N–H and O–H groups in total. The second kappa shape index (κ2) is 6.57. The maximum atomic E-state index is 13.8. The van der Waals surface area contributed by atoms with Crippen LogP contribution in [0.15, 0.2) is 67.1 Å². The maximum Gasteiger partial charge on any atom is 0.260 e. The highest BCUT2D eigenvalue weighted by Gasteiger charge is 2.16. The number of rotatable bonds is 3. The number of anilines is 1. The number of nitrogens with zero attached hydrogens (tertiary/aromatic N) is 3. The molecule has 0 radical (unpaired) electrons. The van der Waals surface area contributed by atoms with Crippen LogP contribution >= 0.6 is 11.6 Å². The average molecular weight is 367 g/mol. The standard InChI is InChI=1S/C19H12ClFN4O/c20-14-3-1-4-15(21)17(14)18(26)23-13-7-5-12(6-8-13)16-11-25-10-2-9-22-19(25)24-16/h1-11H,(H,23,26). The molecule has 2 aromatic carbocycles. The number of carbonyl (C=O) groups excluding carboxylic acids is 1. The van der Waals surface area contributed by atoms with Gasteiger partial charge in [-0.3, -0.25) is 9.20 Å². The van der Waals surface area contributed by atoms with Gasteiger partial charge < -0.3 is 5.32 Å². The highest BCUT2D eigenvalue weighted by atomic mass is 35.5. The van der Waals surface area contributed by atoms with Crippen LogP contribution < -0.4 is 5.32 Å². The Kier molecular flexibility index (Phi) is 4.10. The second-order valence-electron chi connectivity index (χ2n) is 5.58. The van der Waals surface area contributed by atoms with Gasteiger partial charge in [-0.05, 0) is 30.3 Å². The van der Waals surface area contributed by atoms with E-state index in [1.165, 1.54) is 18.2 Å². The van der Waals surface area contributed by atoms with E-state index in [1.807, 2.05) is 35.0 Å². The van der Waals surface area contributed by atoms with Gasteiger partial charge in [0.15, 0.2) is 0 Å². The maximum absolute atomic E-state index is 13.8. The van der Waals surface area contributed by atoms with Crippen LogP contribution in [0.4, 0.5) is 10.1 Å². The Bertz CT molecular complexity index is 1050. The molecule has 0 aliphatic heterocycles. The van der Waals surface area contributed by atoms with Crippen LogP contribution in [0.5, 0.6) is 0 Å². The van der Waals surface area contributed by atoms with Gasteiger partial charge in [0.2, 0.25) is 5.78 Å². The number of benzene rings is 2. The lowest BCUT2D eigenvalue weighted by atomic mass is 10.1. The molecule has 4 aromatic rings. The van der Waals surface area contributed by atoms with Gasteiger partial charge in [0.25, 0.3) is 5.91 Å². The summed E-state index contributed by atoms with van der Waals surface area (Å²) >= 11 is 5.92. The molecule has 2 heterocycles. The van der Waals surface area contributed by atoms with Crippen molar-refractivity contribution in [3.63, 3.8) is 0 Å². The molecular formula is C19H12ClFN4O. The van der Waals surface area contributed by atoms with E-state index in [9.17, 15) is 9.18 Å². The van der Waals surface area contributed by atoms with E-state index in [2.05, 4.69) is 15.3 Å². The molecule has 128 valence electrons. The minimum atomic E-state index is -0.663. The molecule has 1 amide bonds. The fourth-order valence-corrected chi connectivity index (χ4v) is 2.85. The first-order valence-corrected chi connectivity index (χ1v) is 8.15. The smallest absolute Gasteiger partial charge is 0.260 e. The number of aromatic nitrogens is 3. The summed E-state index contributed by atoms with van der Waals surface area (Å²) in [6.07, 6.45) is 5.42. The summed E-state index contributed by atoms with van der Waals surface area (Å²) in [7, 11) is 0. The lowest BCUT2D eigenvalue weighted by Gasteiger charge is -2.08. The third-order valence-electron chi connectivity index (χ3n) is 3.86. The summed E-state index contributed by atoms with van der Waals surface area (Å²) in [5.41, 5.74) is 1.99. The monoisotopic (exact) mass is 366 g/mol. The quantitative estimate of drug-likeness (QED) is 0.583. The van der Waals surface area contributed by atoms with Crippen molar-refractivity contribution < 1.29 is 9.18 Å². The van der Waals surface area contributed by atoms with E-state index in [4.69, 9.17) is 11.6 Å². The Morgan fingerprint density at radius 1 is 1.12 bits per heavy atom. The van der Waals surface area contributed by atoms with E-state index in [0.717, 1.165) is 11.3 Å². The zero-order valence-electron chi connectivity index (χ0n) is 13.4. The van der Waals surface area contributed by atoms with E-state index < -0.39 is 11.7 Å². The Morgan fingerprint density at radius 2 is 1.92 bits per heavy atom. The van der Waals surface area contributed by atoms with Crippen LogP contribution in [-0.4, -0.2) is 20.3 Å². The molecule has 5 nitrogen and oxygen atoms in total. The zero-order chi connectivity index (χ0) is 18.1. The SMILES string of the molecule is O=C(Nc1ccc(-c2cn3cccnc3n2)cc1)c1c(F)cccc1Cl. The molecule has 0 saturated heterocycles. The molecule has 4 rings (SSSR count). The molecule has 0 saturated carbocycles. The van der Waals surface area contributed by atoms with Crippen molar-refractivity contribution in [3.8, 4) is 11.3 Å². The van der Waals surface area contributed by atoms with Crippen LogP contribution in [0.3, 0.4) is 0 Å². The van der Waals surface area contributed by atoms with Crippen LogP contribution in [0.1, 0.15) is 10.4 Å². The molecule has 0 unspecified atom stereocenters. The minimum absolute atomic E-state index is 0.0660. The summed E-state index contributed by atoms with van der Waals surface area (Å²) in [5, 5.41) is 2.71. The predicted molar refractivity (Wildman–Crippen MR) is 97.8 cm³/mol. The summed E-state index contributed by atoms with van der Waals surface area (Å²) < 4.78 is 15.7. The Morgan fingerprint density at radius 3 is 2.65 bits per heavy atom. The van der Waals surface area contributed by atoms with Crippen molar-refractivity contribution in [1.82, 2.24) is 14.4 Å². The van der Waals surface area contributed by atoms with Crippen molar-refractivity contribution >= 4 is 29.0 Å². The summed E-state index contributed by atoms with van der Waals surface area (Å²) in [6.45, 7) is 0. The zero-order valence-corrected chi connectivity index (χ0v) is 14.1. The van der Waals surface area contributed by atoms with Crippen molar-refractivity contribution in [2.45, 2.75) is 0 Å². The van der Waals surface area contributed by atoms with E-state index in [-0.39, 0.29) is 10.6 Å². The molecule has 0 aliphatic rings. The molecule has 2 aromatic heterocycles. The van der Waals surface area contributed by atoms with E-state index in [1.54, 1.807) is 18.3 Å². The highest BCUT2D eigenvalue weighted by molar-refractivity contribution is 6.34. The molecule has 0 aliphatic carbocycles. The lowest BCUT2D eigenvalue weighted by Crippen LogP contribution is -2.14. The largest absolute Gasteiger partial charge is 0.322 e. The summed E-state index contributed by atoms with van der Waals surface area (Å²) in [5.74, 6) is -0.657. The van der Waals surface area contributed by atoms with Crippen LogP contribution in [0, 0.1) is 5.82 Å². The molecule has 0 atom stereocenters. The Hall–Kier alpha value is -3.25. The van der Waals surface area contributed by atoms with Gasteiger partial charge in [0, 0.05) is 29.8 Å². The first-order chi connectivity index (χ1) is 12.6. The van der Waals surface area contributed by atoms with E-state index in [0.29, 0.717) is 11.5 Å². The van der Waals surface area contributed by atoms with E-state index >= 15 is 0 Å². The van der Waals surface area contributed by atoms with Gasteiger partial charge in [0.1, 0.15) is 5.82 Å². The van der Waals surface area contributed by atoms with Crippen molar-refractivity contribution in [2.24, 2.45) is 0 Å². The molecule has 7 heteroatoms. The number of hydrogen-bond donors (Lipinski definition) is 1. The Balaban J connectivity index is 1.57. The fourth-order valence-electron chi connectivity index (χ4n) is 2.60. The first kappa shape index (κ1) is 16.2. The van der Waals surface area contributed by atoms with Gasteiger partial charge in [0.05, 0.1) is 16.3 Å². The molecule has 26 heavy (non-hydrogen) atoms. The minimum Gasteiger partial charge on any atom is -0.322 e. The number of imidazole rings is 1. The summed E-state index contributed by atoms with van der Waals surface area (Å²) in [6, 6.07) is 13.0. The molecule has 0 fully saturated rings. The number of halogens is 2. The van der Waals surface area contributed by atoms with Crippen LogP contribution in [0.2, 0.25) is 5.02 Å². The lowest BCUT2D eigenvalue weighted by molar-refractivity contribution is 0.102. The van der Waals surface area contributed by atoms with Crippen molar-refractivity contribution in [1.29, 1.82) is 0 Å². The number of nitrogens with one attached hydrogen (secondary N) is 1.